The number of carboxylic acid groups (broad SMARTS) is 2. The molecule has 3 aromatic rings. The van der Waals surface area contributed by atoms with Crippen LogP contribution in [-0.2, 0) is 28.6 Å². The van der Waals surface area contributed by atoms with Crippen LogP contribution in [0, 0.1) is 0 Å². The highest BCUT2D eigenvalue weighted by atomic mass is 16.6. The van der Waals surface area contributed by atoms with E-state index in [0.717, 1.165) is 18.5 Å². The van der Waals surface area contributed by atoms with Gasteiger partial charge in [0.2, 0.25) is 12.2 Å². The molecule has 0 radical (unpaired) electrons. The topological polar surface area (TPSA) is 166 Å². The molecule has 11 nitrogen and oxygen atoms in total. The van der Waals surface area contributed by atoms with Gasteiger partial charge in [-0.25, -0.2) is 19.2 Å². The van der Waals surface area contributed by atoms with Crippen LogP contribution < -0.4 is 5.32 Å². The first-order chi connectivity index (χ1) is 20.7. The monoisotopic (exact) mass is 591 g/mol. The number of carbonyl (C=O) groups excluding carboxylic acids is 3. The number of methoxy groups -OCH3 is 1. The number of hydrogen-bond acceptors (Lipinski definition) is 9. The summed E-state index contributed by atoms with van der Waals surface area (Å²) >= 11 is 0. The maximum absolute atomic E-state index is 12.0. The minimum Gasteiger partial charge on any atom is -0.478 e. The van der Waals surface area contributed by atoms with Gasteiger partial charge in [-0.05, 0) is 49.2 Å². The van der Waals surface area contributed by atoms with Crippen LogP contribution in [0.2, 0.25) is 0 Å². The van der Waals surface area contributed by atoms with Crippen LogP contribution >= 0.6 is 0 Å². The van der Waals surface area contributed by atoms with Gasteiger partial charge in [-0.15, -0.1) is 0 Å². The Morgan fingerprint density at radius 2 is 1.14 bits per heavy atom. The van der Waals surface area contributed by atoms with E-state index in [9.17, 15) is 34.2 Å². The Morgan fingerprint density at radius 3 is 1.51 bits per heavy atom. The molecule has 1 heterocycles. The van der Waals surface area contributed by atoms with E-state index >= 15 is 0 Å². The zero-order chi connectivity index (χ0) is 31.2. The van der Waals surface area contributed by atoms with E-state index in [0.29, 0.717) is 0 Å². The van der Waals surface area contributed by atoms with Gasteiger partial charge in [0.05, 0.1) is 24.2 Å². The first-order valence-electron chi connectivity index (χ1n) is 13.6. The number of piperidine rings is 1. The zero-order valence-electron chi connectivity index (χ0n) is 23.5. The largest absolute Gasteiger partial charge is 0.478 e. The molecule has 0 aliphatic carbocycles. The van der Waals surface area contributed by atoms with Gasteiger partial charge < -0.3 is 29.7 Å². The number of esters is 3. The van der Waals surface area contributed by atoms with Crippen LogP contribution in [0.25, 0.3) is 0 Å². The highest BCUT2D eigenvalue weighted by Crippen LogP contribution is 2.26. The molecular weight excluding hydrogens is 558 g/mol. The Morgan fingerprint density at radius 1 is 0.698 bits per heavy atom. The average molecular weight is 592 g/mol. The van der Waals surface area contributed by atoms with Crippen LogP contribution in [0.15, 0.2) is 91.0 Å². The van der Waals surface area contributed by atoms with Crippen molar-refractivity contribution in [1.82, 2.24) is 5.32 Å². The maximum atomic E-state index is 12.0. The molecule has 0 spiro atoms. The summed E-state index contributed by atoms with van der Waals surface area (Å²) in [4.78, 5) is 58.8. The summed E-state index contributed by atoms with van der Waals surface area (Å²) in [7, 11) is 1.46. The highest BCUT2D eigenvalue weighted by Gasteiger charge is 2.41. The lowest BCUT2D eigenvalue weighted by Gasteiger charge is -2.29. The number of benzene rings is 3. The van der Waals surface area contributed by atoms with Crippen molar-refractivity contribution < 1.29 is 48.4 Å². The summed E-state index contributed by atoms with van der Waals surface area (Å²) in [5.41, 5.74) is 1.09. The van der Waals surface area contributed by atoms with Crippen LogP contribution in [0.4, 0.5) is 0 Å². The third kappa shape index (κ3) is 9.50. The van der Waals surface area contributed by atoms with Crippen molar-refractivity contribution in [2.75, 3.05) is 13.7 Å². The van der Waals surface area contributed by atoms with Gasteiger partial charge in [-0.2, -0.15) is 0 Å². The highest BCUT2D eigenvalue weighted by molar-refractivity contribution is 5.95. The number of hydrogen-bond donors (Lipinski definition) is 3. The summed E-state index contributed by atoms with van der Waals surface area (Å²) in [6.45, 7) is 0.991. The molecule has 1 aliphatic heterocycles. The first-order valence-corrected chi connectivity index (χ1v) is 13.6. The van der Waals surface area contributed by atoms with Crippen LogP contribution in [-0.4, -0.2) is 72.0 Å². The SMILES string of the molecule is COC(=O)[C@H](c1ccccc1)[C@H]1CCCCN1.O=C(O[C@H](C(=O)O)[C@H](OC(=O)c1ccccc1)C(=O)O)c1ccccc1. The molecule has 4 rings (SSSR count). The van der Waals surface area contributed by atoms with Crippen LogP contribution in [0.1, 0.15) is 51.5 Å². The second-order valence-electron chi connectivity index (χ2n) is 9.53. The molecule has 0 saturated carbocycles. The third-order valence-corrected chi connectivity index (χ3v) is 6.61. The molecule has 1 fully saturated rings. The fraction of sp³-hybridized carbons (Fsp3) is 0.281. The predicted molar refractivity (Wildman–Crippen MR) is 153 cm³/mol. The Labute approximate surface area is 248 Å². The number of ether oxygens (including phenoxy) is 3. The Hall–Kier alpha value is -5.03. The Bertz CT molecular complexity index is 1290. The summed E-state index contributed by atoms with van der Waals surface area (Å²) in [6.07, 6.45) is -1.02. The number of carbonyl (C=O) groups is 5. The van der Waals surface area contributed by atoms with Gasteiger partial charge >= 0.3 is 29.8 Å². The van der Waals surface area contributed by atoms with Gasteiger partial charge in [-0.3, -0.25) is 4.79 Å². The molecule has 0 unspecified atom stereocenters. The molecule has 0 amide bonds. The third-order valence-electron chi connectivity index (χ3n) is 6.61. The molecule has 43 heavy (non-hydrogen) atoms. The molecule has 0 aromatic heterocycles. The van der Waals surface area contributed by atoms with Crippen molar-refractivity contribution in [3.8, 4) is 0 Å². The zero-order valence-corrected chi connectivity index (χ0v) is 23.5. The molecule has 11 heteroatoms. The normalized spacial score (nSPS) is 16.2. The summed E-state index contributed by atoms with van der Waals surface area (Å²) in [5.74, 6) is -5.96. The second-order valence-corrected chi connectivity index (χ2v) is 9.53. The predicted octanol–water partition coefficient (Wildman–Crippen LogP) is 3.69. The molecule has 4 atom stereocenters. The minimum atomic E-state index is -2.21. The lowest BCUT2D eigenvalue weighted by Crippen LogP contribution is -2.45. The standard InChI is InChI=1S/C18H14O8.C14H19NO2/c19-15(20)13(25-17(23)11-7-3-1-4-8-11)14(16(21)22)26-18(24)12-9-5-2-6-10-12;1-17-14(16)13(11-7-3-2-4-8-11)12-9-5-6-10-15-12/h1-10,13-14H,(H,19,20)(H,21,22);2-4,7-8,12-13,15H,5-6,9-10H2,1H3/t13-,14-;12-,13-/m01/s1. The lowest BCUT2D eigenvalue weighted by molar-refractivity contribution is -0.166. The van der Waals surface area contributed by atoms with Gasteiger partial charge in [0, 0.05) is 6.04 Å². The number of carboxylic acids is 2. The van der Waals surface area contributed by atoms with E-state index in [2.05, 4.69) is 5.32 Å². The molecule has 3 aromatic carbocycles. The van der Waals surface area contributed by atoms with E-state index in [-0.39, 0.29) is 29.1 Å². The Balaban J connectivity index is 0.000000257. The van der Waals surface area contributed by atoms with Gasteiger partial charge in [0.1, 0.15) is 0 Å². The Kier molecular flexibility index (Phi) is 12.4. The van der Waals surface area contributed by atoms with E-state index in [4.69, 9.17) is 14.2 Å². The minimum absolute atomic E-state index is 0.0253. The van der Waals surface area contributed by atoms with Crippen molar-refractivity contribution in [1.29, 1.82) is 0 Å². The summed E-state index contributed by atoms with van der Waals surface area (Å²) in [5, 5.41) is 21.9. The summed E-state index contributed by atoms with van der Waals surface area (Å²) < 4.78 is 14.5. The fourth-order valence-corrected chi connectivity index (χ4v) is 4.48. The van der Waals surface area contributed by atoms with Crippen molar-refractivity contribution in [2.45, 2.75) is 43.4 Å². The van der Waals surface area contributed by atoms with E-state index in [1.54, 1.807) is 12.1 Å². The molecule has 1 aliphatic rings. The van der Waals surface area contributed by atoms with Gasteiger partial charge in [-0.1, -0.05) is 73.2 Å². The van der Waals surface area contributed by atoms with Gasteiger partial charge in [0.25, 0.3) is 0 Å². The number of nitrogens with one attached hydrogen (secondary N) is 1. The van der Waals surface area contributed by atoms with E-state index in [1.807, 2.05) is 30.3 Å². The quantitative estimate of drug-likeness (QED) is 0.232. The summed E-state index contributed by atoms with van der Waals surface area (Å²) in [6, 6.07) is 24.9. The van der Waals surface area contributed by atoms with Gasteiger partial charge in [0.15, 0.2) is 0 Å². The van der Waals surface area contributed by atoms with E-state index in [1.165, 1.54) is 68.5 Å². The van der Waals surface area contributed by atoms with Crippen molar-refractivity contribution >= 4 is 29.8 Å². The van der Waals surface area contributed by atoms with Crippen LogP contribution in [0.5, 0.6) is 0 Å². The van der Waals surface area contributed by atoms with Crippen molar-refractivity contribution in [3.63, 3.8) is 0 Å². The van der Waals surface area contributed by atoms with E-state index < -0.39 is 36.1 Å². The first kappa shape index (κ1) is 32.5. The fourth-order valence-electron chi connectivity index (χ4n) is 4.48. The molecule has 3 N–H and O–H groups in total. The second kappa shape index (κ2) is 16.4. The molecule has 226 valence electrons. The maximum Gasteiger partial charge on any atom is 0.349 e. The average Bonchev–Trinajstić information content (AvgIpc) is 3.04. The smallest absolute Gasteiger partial charge is 0.349 e. The molecular formula is C32H33NO10. The lowest BCUT2D eigenvalue weighted by atomic mass is 9.86. The molecule has 0 bridgehead atoms. The number of aliphatic carboxylic acids is 2. The van der Waals surface area contributed by atoms with Crippen molar-refractivity contribution in [2.24, 2.45) is 0 Å². The van der Waals surface area contributed by atoms with Crippen LogP contribution in [0.3, 0.4) is 0 Å². The van der Waals surface area contributed by atoms with Crippen molar-refractivity contribution in [3.05, 3.63) is 108 Å². The molecule has 1 saturated heterocycles. The number of rotatable bonds is 10.